The van der Waals surface area contributed by atoms with Crippen LogP contribution in [-0.2, 0) is 4.74 Å². The molecule has 1 N–H and O–H groups in total. The molecule has 3 rings (SSSR count). The van der Waals surface area contributed by atoms with Crippen molar-refractivity contribution in [1.82, 2.24) is 4.90 Å². The van der Waals surface area contributed by atoms with Crippen LogP contribution in [0.5, 0.6) is 0 Å². The van der Waals surface area contributed by atoms with Gasteiger partial charge in [-0.05, 0) is 35.2 Å². The molecule has 1 heterocycles. The predicted octanol–water partition coefficient (Wildman–Crippen LogP) is 2.99. The van der Waals surface area contributed by atoms with Crippen LogP contribution in [0.2, 0.25) is 0 Å². The van der Waals surface area contributed by atoms with Crippen LogP contribution in [0.1, 0.15) is 17.4 Å². The summed E-state index contributed by atoms with van der Waals surface area (Å²) in [5, 5.41) is 10.6. The van der Waals surface area contributed by atoms with E-state index < -0.39 is 6.23 Å². The van der Waals surface area contributed by atoms with Crippen LogP contribution in [-0.4, -0.2) is 36.3 Å². The van der Waals surface area contributed by atoms with Gasteiger partial charge in [0.15, 0.2) is 0 Å². The molecule has 1 atom stereocenters. The van der Waals surface area contributed by atoms with Crippen LogP contribution in [0.15, 0.2) is 48.5 Å². The number of rotatable bonds is 3. The summed E-state index contributed by atoms with van der Waals surface area (Å²) < 4.78 is 5.34. The summed E-state index contributed by atoms with van der Waals surface area (Å²) in [5.41, 5.74) is 4.56. The van der Waals surface area contributed by atoms with E-state index >= 15 is 0 Å². The molecule has 2 aromatic rings. The summed E-state index contributed by atoms with van der Waals surface area (Å²) in [4.78, 5) is 2.06. The summed E-state index contributed by atoms with van der Waals surface area (Å²) in [6.07, 6.45) is -0.558. The number of hydrogen-bond acceptors (Lipinski definition) is 3. The van der Waals surface area contributed by atoms with Crippen LogP contribution in [0.4, 0.5) is 0 Å². The molecule has 1 fully saturated rings. The first-order chi connectivity index (χ1) is 10.3. The molecular weight excluding hydrogens is 262 g/mol. The molecule has 110 valence electrons. The van der Waals surface area contributed by atoms with E-state index in [0.29, 0.717) is 13.2 Å². The second-order valence-corrected chi connectivity index (χ2v) is 5.46. The van der Waals surface area contributed by atoms with E-state index in [1.807, 2.05) is 24.3 Å². The Morgan fingerprint density at radius 2 is 1.81 bits per heavy atom. The topological polar surface area (TPSA) is 32.7 Å². The maximum absolute atomic E-state index is 10.6. The van der Waals surface area contributed by atoms with Gasteiger partial charge in [0.25, 0.3) is 0 Å². The highest BCUT2D eigenvalue weighted by Gasteiger charge is 2.20. The van der Waals surface area contributed by atoms with E-state index in [-0.39, 0.29) is 0 Å². The van der Waals surface area contributed by atoms with Crippen molar-refractivity contribution in [1.29, 1.82) is 0 Å². The Hall–Kier alpha value is -1.68. The van der Waals surface area contributed by atoms with E-state index in [9.17, 15) is 5.11 Å². The zero-order chi connectivity index (χ0) is 14.7. The largest absolute Gasteiger partial charge is 0.379 e. The maximum Gasteiger partial charge on any atom is 0.133 e. The van der Waals surface area contributed by atoms with Crippen molar-refractivity contribution < 1.29 is 9.84 Å². The van der Waals surface area contributed by atoms with Crippen LogP contribution < -0.4 is 0 Å². The van der Waals surface area contributed by atoms with Gasteiger partial charge in [-0.1, -0.05) is 42.5 Å². The number of hydrogen-bond donors (Lipinski definition) is 1. The fourth-order valence-corrected chi connectivity index (χ4v) is 2.80. The SMILES string of the molecule is Cc1ccccc1-c1cccc(C(O)N2CCOCC2)c1. The molecule has 0 saturated carbocycles. The van der Waals surface area contributed by atoms with Gasteiger partial charge in [0.1, 0.15) is 6.23 Å². The van der Waals surface area contributed by atoms with E-state index in [1.165, 1.54) is 11.1 Å². The molecule has 0 aliphatic carbocycles. The summed E-state index contributed by atoms with van der Waals surface area (Å²) in [6.45, 7) is 5.04. The van der Waals surface area contributed by atoms with Gasteiger partial charge in [0, 0.05) is 13.1 Å². The zero-order valence-corrected chi connectivity index (χ0v) is 12.3. The lowest BCUT2D eigenvalue weighted by Crippen LogP contribution is -2.39. The third kappa shape index (κ3) is 3.16. The van der Waals surface area contributed by atoms with Gasteiger partial charge in [0.2, 0.25) is 0 Å². The Kier molecular flexibility index (Phi) is 4.34. The van der Waals surface area contributed by atoms with Gasteiger partial charge >= 0.3 is 0 Å². The average molecular weight is 283 g/mol. The first-order valence-electron chi connectivity index (χ1n) is 7.41. The third-order valence-corrected chi connectivity index (χ3v) is 4.03. The van der Waals surface area contributed by atoms with Crippen molar-refractivity contribution in [3.8, 4) is 11.1 Å². The number of nitrogens with zero attached hydrogens (tertiary/aromatic N) is 1. The lowest BCUT2D eigenvalue weighted by atomic mass is 9.98. The fraction of sp³-hybridized carbons (Fsp3) is 0.333. The Morgan fingerprint density at radius 1 is 1.05 bits per heavy atom. The minimum atomic E-state index is -0.558. The number of ether oxygens (including phenoxy) is 1. The van der Waals surface area contributed by atoms with Gasteiger partial charge in [-0.2, -0.15) is 0 Å². The Balaban J connectivity index is 1.87. The zero-order valence-electron chi connectivity index (χ0n) is 12.3. The fourth-order valence-electron chi connectivity index (χ4n) is 2.80. The van der Waals surface area contributed by atoms with Crippen molar-refractivity contribution in [2.75, 3.05) is 26.3 Å². The molecule has 1 aliphatic rings. The highest BCUT2D eigenvalue weighted by molar-refractivity contribution is 5.67. The normalized spacial score (nSPS) is 17.6. The van der Waals surface area contributed by atoms with Crippen molar-refractivity contribution in [2.24, 2.45) is 0 Å². The van der Waals surface area contributed by atoms with E-state index in [0.717, 1.165) is 24.2 Å². The second-order valence-electron chi connectivity index (χ2n) is 5.46. The lowest BCUT2D eigenvalue weighted by molar-refractivity contribution is -0.0603. The van der Waals surface area contributed by atoms with Crippen molar-refractivity contribution >= 4 is 0 Å². The molecule has 3 nitrogen and oxygen atoms in total. The molecular formula is C18H21NO2. The Morgan fingerprint density at radius 3 is 2.57 bits per heavy atom. The summed E-state index contributed by atoms with van der Waals surface area (Å²) in [6, 6.07) is 16.5. The molecule has 1 unspecified atom stereocenters. The quantitative estimate of drug-likeness (QED) is 0.940. The van der Waals surface area contributed by atoms with Crippen LogP contribution in [0.3, 0.4) is 0 Å². The number of aliphatic hydroxyl groups excluding tert-OH is 1. The van der Waals surface area contributed by atoms with Crippen molar-refractivity contribution in [3.05, 3.63) is 59.7 Å². The van der Waals surface area contributed by atoms with Gasteiger partial charge in [-0.15, -0.1) is 0 Å². The van der Waals surface area contributed by atoms with Crippen LogP contribution in [0.25, 0.3) is 11.1 Å². The first kappa shape index (κ1) is 14.3. The first-order valence-corrected chi connectivity index (χ1v) is 7.41. The average Bonchev–Trinajstić information content (AvgIpc) is 2.55. The lowest BCUT2D eigenvalue weighted by Gasteiger charge is -2.31. The Labute approximate surface area is 125 Å². The van der Waals surface area contributed by atoms with Gasteiger partial charge in [-0.3, -0.25) is 4.90 Å². The molecule has 21 heavy (non-hydrogen) atoms. The minimum absolute atomic E-state index is 0.558. The minimum Gasteiger partial charge on any atom is -0.379 e. The van der Waals surface area contributed by atoms with Crippen molar-refractivity contribution in [2.45, 2.75) is 13.2 Å². The Bertz CT molecular complexity index is 606. The molecule has 1 saturated heterocycles. The van der Waals surface area contributed by atoms with Gasteiger partial charge in [0.05, 0.1) is 13.2 Å². The number of aryl methyl sites for hydroxylation is 1. The smallest absolute Gasteiger partial charge is 0.133 e. The highest BCUT2D eigenvalue weighted by Crippen LogP contribution is 2.27. The molecule has 0 aromatic heterocycles. The summed E-state index contributed by atoms with van der Waals surface area (Å²) in [7, 11) is 0. The molecule has 0 radical (unpaired) electrons. The van der Waals surface area contributed by atoms with Gasteiger partial charge < -0.3 is 9.84 Å². The second kappa shape index (κ2) is 6.39. The number of benzene rings is 2. The molecule has 0 bridgehead atoms. The molecule has 0 spiro atoms. The third-order valence-electron chi connectivity index (χ3n) is 4.03. The summed E-state index contributed by atoms with van der Waals surface area (Å²) in [5.74, 6) is 0. The van der Waals surface area contributed by atoms with Crippen LogP contribution in [0, 0.1) is 6.92 Å². The van der Waals surface area contributed by atoms with Crippen molar-refractivity contribution in [3.63, 3.8) is 0 Å². The molecule has 2 aromatic carbocycles. The summed E-state index contributed by atoms with van der Waals surface area (Å²) >= 11 is 0. The highest BCUT2D eigenvalue weighted by atomic mass is 16.5. The standard InChI is InChI=1S/C18H21NO2/c1-14-5-2-3-8-17(14)15-6-4-7-16(13-15)18(20)19-9-11-21-12-10-19/h2-8,13,18,20H,9-12H2,1H3. The molecule has 3 heteroatoms. The van der Waals surface area contributed by atoms with E-state index in [4.69, 9.17) is 4.74 Å². The predicted molar refractivity (Wildman–Crippen MR) is 84.0 cm³/mol. The number of aliphatic hydroxyl groups is 1. The number of morpholine rings is 1. The monoisotopic (exact) mass is 283 g/mol. The van der Waals surface area contributed by atoms with Gasteiger partial charge in [-0.25, -0.2) is 0 Å². The maximum atomic E-state index is 10.6. The van der Waals surface area contributed by atoms with E-state index in [2.05, 4.69) is 36.1 Å². The molecule has 1 aliphatic heterocycles. The van der Waals surface area contributed by atoms with E-state index in [1.54, 1.807) is 0 Å². The van der Waals surface area contributed by atoms with Crippen LogP contribution >= 0.6 is 0 Å². The molecule has 0 amide bonds.